The number of fused-ring (bicyclic) bond motifs is 3. The molecule has 14 heteroatoms. The number of benzene rings is 3. The van der Waals surface area contributed by atoms with Crippen molar-refractivity contribution in [1.82, 2.24) is 9.80 Å². The molecular formula is C34H33Cl2F3N4O5. The quantitative estimate of drug-likeness (QED) is 0.334. The predicted molar refractivity (Wildman–Crippen MR) is 175 cm³/mol. The third-order valence-electron chi connectivity index (χ3n) is 9.52. The van der Waals surface area contributed by atoms with Gasteiger partial charge in [0, 0.05) is 35.5 Å². The number of aromatic carboxylic acids is 1. The molecule has 0 aromatic heterocycles. The monoisotopic (exact) mass is 704 g/mol. The summed E-state index contributed by atoms with van der Waals surface area (Å²) in [5.74, 6) is -5.01. The molecule has 4 heterocycles. The lowest BCUT2D eigenvalue weighted by Crippen LogP contribution is -2.46. The first-order chi connectivity index (χ1) is 22.9. The Kier molecular flexibility index (Phi) is 8.64. The summed E-state index contributed by atoms with van der Waals surface area (Å²) in [5, 5.41) is 10.0. The maximum Gasteiger partial charge on any atom is 0.337 e. The summed E-state index contributed by atoms with van der Waals surface area (Å²) in [7, 11) is 1.64. The van der Waals surface area contributed by atoms with E-state index in [1.807, 2.05) is 4.90 Å². The van der Waals surface area contributed by atoms with E-state index in [4.69, 9.17) is 32.7 Å². The fourth-order valence-corrected chi connectivity index (χ4v) is 7.93. The summed E-state index contributed by atoms with van der Waals surface area (Å²) in [5.41, 5.74) is 1.94. The van der Waals surface area contributed by atoms with Gasteiger partial charge in [-0.15, -0.1) is 0 Å². The van der Waals surface area contributed by atoms with Crippen LogP contribution in [0.25, 0.3) is 11.1 Å². The van der Waals surface area contributed by atoms with Gasteiger partial charge in [0.15, 0.2) is 6.73 Å². The number of likely N-dealkylation sites (N-methyl/N-ethyl adjacent to an activating group) is 1. The minimum Gasteiger partial charge on any atom is -0.478 e. The van der Waals surface area contributed by atoms with Crippen LogP contribution in [0.4, 0.5) is 24.5 Å². The summed E-state index contributed by atoms with van der Waals surface area (Å²) in [6.07, 6.45) is 1.71. The first kappa shape index (κ1) is 32.8. The Hall–Kier alpha value is -3.71. The molecule has 48 heavy (non-hydrogen) atoms. The smallest absolute Gasteiger partial charge is 0.337 e. The van der Waals surface area contributed by atoms with E-state index in [0.717, 1.165) is 18.9 Å². The third-order valence-corrected chi connectivity index (χ3v) is 10.1. The van der Waals surface area contributed by atoms with Crippen LogP contribution in [0.5, 0.6) is 5.75 Å². The van der Waals surface area contributed by atoms with E-state index in [1.54, 1.807) is 36.2 Å². The molecule has 4 aliphatic heterocycles. The van der Waals surface area contributed by atoms with Crippen LogP contribution in [0.1, 0.15) is 39.1 Å². The van der Waals surface area contributed by atoms with Crippen LogP contribution >= 0.6 is 23.2 Å². The molecule has 1 amide bonds. The third kappa shape index (κ3) is 6.04. The summed E-state index contributed by atoms with van der Waals surface area (Å²) in [6.45, 7) is 0.715. The van der Waals surface area contributed by atoms with Crippen molar-refractivity contribution >= 4 is 46.5 Å². The molecule has 2 unspecified atom stereocenters. The highest BCUT2D eigenvalue weighted by atomic mass is 35.5. The number of morpholine rings is 1. The van der Waals surface area contributed by atoms with Gasteiger partial charge in [-0.05, 0) is 44.2 Å². The number of ether oxygens (including phenoxy) is 2. The zero-order valence-corrected chi connectivity index (χ0v) is 27.5. The number of alkyl halides is 2. The molecule has 9 nitrogen and oxygen atoms in total. The zero-order chi connectivity index (χ0) is 33.9. The molecule has 0 radical (unpaired) electrons. The second-order valence-electron chi connectivity index (χ2n) is 12.9. The number of amides is 1. The molecule has 3 fully saturated rings. The Morgan fingerprint density at radius 3 is 2.38 bits per heavy atom. The molecule has 1 N–H and O–H groups in total. The lowest BCUT2D eigenvalue weighted by molar-refractivity contribution is -0.00940. The minimum absolute atomic E-state index is 0.000358. The second kappa shape index (κ2) is 12.6. The van der Waals surface area contributed by atoms with Crippen LogP contribution in [0.2, 0.25) is 10.0 Å². The number of halogens is 5. The largest absolute Gasteiger partial charge is 0.478 e. The molecule has 254 valence electrons. The number of carbonyl (C=O) groups excluding carboxylic acids is 1. The number of nitrogens with zero attached hydrogens (tertiary/aromatic N) is 4. The fraction of sp³-hybridized carbons (Fsp3) is 0.412. The number of hydrogen-bond acceptors (Lipinski definition) is 7. The minimum atomic E-state index is -2.94. The van der Waals surface area contributed by atoms with E-state index in [1.165, 1.54) is 21.9 Å². The van der Waals surface area contributed by atoms with Crippen LogP contribution in [0.15, 0.2) is 42.5 Å². The van der Waals surface area contributed by atoms with Gasteiger partial charge in [-0.25, -0.2) is 18.0 Å². The SMILES string of the molecule is CN1CCN(c2cc(Cl)c(C(=O)N3COc4c(cccc4-c4cc(N5C6CCC5COC6)c(C(=O)O)cc4F)C3)c(Cl)c2)CC(F)(F)C1. The Labute approximate surface area is 285 Å². The molecule has 2 atom stereocenters. The molecule has 4 aliphatic rings. The highest BCUT2D eigenvalue weighted by Gasteiger charge is 2.40. The lowest BCUT2D eigenvalue weighted by Gasteiger charge is -2.37. The number of hydrogen-bond donors (Lipinski definition) is 1. The topological polar surface area (TPSA) is 85.8 Å². The van der Waals surface area contributed by atoms with Gasteiger partial charge in [-0.3, -0.25) is 9.69 Å². The normalized spacial score (nSPS) is 22.2. The van der Waals surface area contributed by atoms with Crippen LogP contribution in [0.3, 0.4) is 0 Å². The second-order valence-corrected chi connectivity index (χ2v) is 13.7. The molecule has 2 bridgehead atoms. The molecule has 0 saturated carbocycles. The van der Waals surface area contributed by atoms with Crippen molar-refractivity contribution in [3.05, 3.63) is 75.0 Å². The van der Waals surface area contributed by atoms with Crippen molar-refractivity contribution in [2.75, 3.05) is 63.0 Å². The van der Waals surface area contributed by atoms with Gasteiger partial charge in [0.1, 0.15) is 11.6 Å². The molecular weight excluding hydrogens is 672 g/mol. The summed E-state index contributed by atoms with van der Waals surface area (Å²) in [6, 6.07) is 10.8. The average molecular weight is 706 g/mol. The van der Waals surface area contributed by atoms with Crippen molar-refractivity contribution < 1.29 is 37.3 Å². The van der Waals surface area contributed by atoms with E-state index in [-0.39, 0.29) is 58.6 Å². The number of carbonyl (C=O) groups is 2. The van der Waals surface area contributed by atoms with E-state index in [9.17, 15) is 23.5 Å². The van der Waals surface area contributed by atoms with E-state index in [2.05, 4.69) is 0 Å². The van der Waals surface area contributed by atoms with Crippen LogP contribution in [0, 0.1) is 5.82 Å². The van der Waals surface area contributed by atoms with Crippen molar-refractivity contribution in [3.8, 4) is 16.9 Å². The van der Waals surface area contributed by atoms with Crippen molar-refractivity contribution in [2.45, 2.75) is 37.4 Å². The lowest BCUT2D eigenvalue weighted by atomic mass is 9.96. The number of carboxylic acids is 1. The Balaban J connectivity index is 1.16. The van der Waals surface area contributed by atoms with Crippen molar-refractivity contribution in [3.63, 3.8) is 0 Å². The van der Waals surface area contributed by atoms with Crippen LogP contribution < -0.4 is 14.5 Å². The van der Waals surface area contributed by atoms with E-state index in [0.29, 0.717) is 54.6 Å². The fourth-order valence-electron chi connectivity index (χ4n) is 7.29. The molecule has 7 rings (SSSR count). The highest BCUT2D eigenvalue weighted by Crippen LogP contribution is 2.43. The van der Waals surface area contributed by atoms with Crippen molar-refractivity contribution in [2.24, 2.45) is 0 Å². The molecule has 0 spiro atoms. The van der Waals surface area contributed by atoms with Crippen LogP contribution in [-0.4, -0.2) is 98.0 Å². The number of anilines is 2. The van der Waals surface area contributed by atoms with Gasteiger partial charge in [-0.2, -0.15) is 0 Å². The van der Waals surface area contributed by atoms with Crippen LogP contribution in [-0.2, 0) is 11.3 Å². The summed E-state index contributed by atoms with van der Waals surface area (Å²) >= 11 is 13.2. The maximum absolute atomic E-state index is 15.7. The predicted octanol–water partition coefficient (Wildman–Crippen LogP) is 6.24. The molecule has 3 saturated heterocycles. The number of para-hydroxylation sites is 1. The summed E-state index contributed by atoms with van der Waals surface area (Å²) < 4.78 is 56.4. The Morgan fingerprint density at radius 1 is 0.979 bits per heavy atom. The van der Waals surface area contributed by atoms with E-state index >= 15 is 4.39 Å². The standard InChI is InChI=1S/C34H33Cl2F3N4O5/c1-40-7-8-41(17-34(38,39)16-40)22-9-26(35)30(27(36)10-22)32(44)42-13-19-3-2-4-23(31(19)48-18-42)24-12-29(25(33(45)46)11-28(24)37)43-20-5-6-21(43)15-47-14-20/h2-4,9-12,20-21H,5-8,13-18H2,1H3,(H,45,46). The molecule has 3 aromatic rings. The van der Waals surface area contributed by atoms with Gasteiger partial charge in [0.05, 0.1) is 71.8 Å². The van der Waals surface area contributed by atoms with Gasteiger partial charge in [0.2, 0.25) is 0 Å². The first-order valence-electron chi connectivity index (χ1n) is 15.7. The first-order valence-corrected chi connectivity index (χ1v) is 16.4. The molecule has 3 aromatic carbocycles. The van der Waals surface area contributed by atoms with Crippen molar-refractivity contribution in [1.29, 1.82) is 0 Å². The van der Waals surface area contributed by atoms with Gasteiger partial charge in [-0.1, -0.05) is 41.4 Å². The number of carboxylic acid groups (broad SMARTS) is 1. The Bertz CT molecular complexity index is 1760. The zero-order valence-electron chi connectivity index (χ0n) is 26.0. The summed E-state index contributed by atoms with van der Waals surface area (Å²) in [4.78, 5) is 32.5. The number of rotatable bonds is 5. The average Bonchev–Trinajstić information content (AvgIpc) is 3.18. The maximum atomic E-state index is 15.7. The van der Waals surface area contributed by atoms with Gasteiger partial charge < -0.3 is 29.3 Å². The Morgan fingerprint density at radius 2 is 1.69 bits per heavy atom. The highest BCUT2D eigenvalue weighted by molar-refractivity contribution is 6.40. The van der Waals surface area contributed by atoms with Gasteiger partial charge in [0.25, 0.3) is 11.8 Å². The van der Waals surface area contributed by atoms with E-state index < -0.39 is 30.2 Å². The molecule has 0 aliphatic carbocycles. The van der Waals surface area contributed by atoms with Gasteiger partial charge >= 0.3 is 5.97 Å².